The van der Waals surface area contributed by atoms with Crippen molar-refractivity contribution >= 4 is 5.97 Å². The van der Waals surface area contributed by atoms with Crippen molar-refractivity contribution in [3.63, 3.8) is 0 Å². The van der Waals surface area contributed by atoms with Gasteiger partial charge in [0.1, 0.15) is 0 Å². The number of carbonyl (C=O) groups is 1. The van der Waals surface area contributed by atoms with Gasteiger partial charge in [-0.2, -0.15) is 13.2 Å². The van der Waals surface area contributed by atoms with Crippen LogP contribution in [0, 0.1) is 0 Å². The molecule has 0 fully saturated rings. The number of hydrogen-bond acceptors (Lipinski definition) is 3. The lowest BCUT2D eigenvalue weighted by Crippen LogP contribution is -2.56. The number of rotatable bonds is 3. The van der Waals surface area contributed by atoms with Gasteiger partial charge in [0, 0.05) is 7.11 Å². The molecule has 0 aliphatic heterocycles. The Morgan fingerprint density at radius 1 is 1.25 bits per heavy atom. The molecule has 0 saturated heterocycles. The molecule has 1 atom stereocenters. The Bertz CT molecular complexity index is 375. The van der Waals surface area contributed by atoms with Gasteiger partial charge in [-0.15, -0.1) is 0 Å². The van der Waals surface area contributed by atoms with Gasteiger partial charge in [-0.3, -0.25) is 0 Å². The van der Waals surface area contributed by atoms with Crippen LogP contribution in [0.25, 0.3) is 0 Å². The van der Waals surface area contributed by atoms with Crippen LogP contribution >= 0.6 is 0 Å². The third-order valence-electron chi connectivity index (χ3n) is 2.17. The Labute approximate surface area is 89.5 Å². The molecule has 0 N–H and O–H groups in total. The lowest BCUT2D eigenvalue weighted by atomic mass is 9.93. The third kappa shape index (κ3) is 1.76. The number of carbonyl (C=O) groups excluding carboxylic acids is 1. The van der Waals surface area contributed by atoms with Gasteiger partial charge in [0.05, 0.1) is 5.97 Å². The van der Waals surface area contributed by atoms with E-state index < -0.39 is 23.3 Å². The highest BCUT2D eigenvalue weighted by atomic mass is 19.4. The minimum atomic E-state index is -5.10. The van der Waals surface area contributed by atoms with E-state index in [-0.39, 0.29) is 0 Å². The average molecular weight is 233 g/mol. The predicted octanol–water partition coefficient (Wildman–Crippen LogP) is 0.840. The highest BCUT2D eigenvalue weighted by molar-refractivity contribution is 5.78. The van der Waals surface area contributed by atoms with E-state index in [4.69, 9.17) is 0 Å². The molecule has 0 aromatic heterocycles. The zero-order valence-electron chi connectivity index (χ0n) is 8.25. The fraction of sp³-hybridized carbons (Fsp3) is 0.300. The Hall–Kier alpha value is -1.56. The number of methoxy groups -OCH3 is 1. The number of ether oxygens (including phenoxy) is 1. The average Bonchev–Trinajstić information content (AvgIpc) is 2.18. The minimum Gasteiger partial charge on any atom is -0.546 e. The molecular weight excluding hydrogens is 225 g/mol. The van der Waals surface area contributed by atoms with E-state index in [1.165, 1.54) is 18.2 Å². The first kappa shape index (κ1) is 12.5. The van der Waals surface area contributed by atoms with Crippen LogP contribution < -0.4 is 5.11 Å². The summed E-state index contributed by atoms with van der Waals surface area (Å²) in [6.45, 7) is 0. The molecule has 1 rings (SSSR count). The summed E-state index contributed by atoms with van der Waals surface area (Å²) < 4.78 is 42.5. The van der Waals surface area contributed by atoms with Crippen molar-refractivity contribution in [3.8, 4) is 0 Å². The van der Waals surface area contributed by atoms with E-state index in [0.717, 1.165) is 12.1 Å². The number of carboxylic acid groups (broad SMARTS) is 1. The van der Waals surface area contributed by atoms with Gasteiger partial charge in [0.15, 0.2) is 0 Å². The Balaban J connectivity index is 3.42. The summed E-state index contributed by atoms with van der Waals surface area (Å²) in [5.74, 6) is -2.34. The van der Waals surface area contributed by atoms with Crippen LogP contribution in [0.4, 0.5) is 13.2 Å². The van der Waals surface area contributed by atoms with Gasteiger partial charge in [0.25, 0.3) is 0 Å². The number of alkyl halides is 3. The number of halogens is 3. The standard InChI is InChI=1S/C10H9F3O3/c1-16-9(8(14)15,10(11,12)13)7-5-3-2-4-6-7/h2-6H,1H3,(H,14,15)/p-1/t9-/m0/s1. The SMILES string of the molecule is CO[C@](C(=O)[O-])(c1ccccc1)C(F)(F)F. The lowest BCUT2D eigenvalue weighted by molar-refractivity contribution is -0.360. The van der Waals surface area contributed by atoms with Crippen LogP contribution in [0.1, 0.15) is 5.56 Å². The molecule has 0 radical (unpaired) electrons. The number of carboxylic acids is 1. The second-order valence-electron chi connectivity index (χ2n) is 3.04. The molecule has 88 valence electrons. The van der Waals surface area contributed by atoms with Crippen molar-refractivity contribution in [2.24, 2.45) is 0 Å². The quantitative estimate of drug-likeness (QED) is 0.777. The van der Waals surface area contributed by atoms with Crippen molar-refractivity contribution in [3.05, 3.63) is 35.9 Å². The summed E-state index contributed by atoms with van der Waals surface area (Å²) >= 11 is 0. The van der Waals surface area contributed by atoms with Crippen molar-refractivity contribution in [2.75, 3.05) is 7.11 Å². The van der Waals surface area contributed by atoms with Crippen LogP contribution in [0.3, 0.4) is 0 Å². The molecule has 16 heavy (non-hydrogen) atoms. The number of benzene rings is 1. The van der Waals surface area contributed by atoms with Gasteiger partial charge >= 0.3 is 6.18 Å². The van der Waals surface area contributed by atoms with Crippen molar-refractivity contribution in [1.29, 1.82) is 0 Å². The van der Waals surface area contributed by atoms with Crippen LogP contribution in [0.15, 0.2) is 30.3 Å². The molecule has 0 aliphatic rings. The van der Waals surface area contributed by atoms with Gasteiger partial charge in [-0.05, 0) is 5.56 Å². The molecule has 0 saturated carbocycles. The first-order chi connectivity index (χ1) is 7.36. The van der Waals surface area contributed by atoms with Crippen LogP contribution in [-0.4, -0.2) is 19.3 Å². The van der Waals surface area contributed by atoms with Gasteiger partial charge < -0.3 is 14.6 Å². The summed E-state index contributed by atoms with van der Waals surface area (Å²) in [6.07, 6.45) is -5.10. The van der Waals surface area contributed by atoms with E-state index in [2.05, 4.69) is 4.74 Å². The molecule has 0 bridgehead atoms. The summed E-state index contributed by atoms with van der Waals surface area (Å²) in [5.41, 5.74) is -3.95. The van der Waals surface area contributed by atoms with E-state index in [9.17, 15) is 23.1 Å². The summed E-state index contributed by atoms with van der Waals surface area (Å²) in [5, 5.41) is 10.7. The van der Waals surface area contributed by atoms with Crippen LogP contribution in [-0.2, 0) is 15.1 Å². The second-order valence-corrected chi connectivity index (χ2v) is 3.04. The number of hydrogen-bond donors (Lipinski definition) is 0. The molecule has 0 amide bonds. The van der Waals surface area contributed by atoms with Crippen molar-refractivity contribution in [1.82, 2.24) is 0 Å². The predicted molar refractivity (Wildman–Crippen MR) is 46.2 cm³/mol. The molecule has 0 aliphatic carbocycles. The van der Waals surface area contributed by atoms with E-state index in [1.54, 1.807) is 0 Å². The van der Waals surface area contributed by atoms with E-state index >= 15 is 0 Å². The van der Waals surface area contributed by atoms with Crippen molar-refractivity contribution in [2.45, 2.75) is 11.8 Å². The summed E-state index contributed by atoms with van der Waals surface area (Å²) in [7, 11) is 0.677. The van der Waals surface area contributed by atoms with Crippen LogP contribution in [0.2, 0.25) is 0 Å². The fourth-order valence-electron chi connectivity index (χ4n) is 1.39. The molecular formula is C10H8F3O3-. The number of aliphatic carboxylic acids is 1. The van der Waals surface area contributed by atoms with Gasteiger partial charge in [-0.1, -0.05) is 30.3 Å². The zero-order chi connectivity index (χ0) is 12.4. The van der Waals surface area contributed by atoms with E-state index in [0.29, 0.717) is 7.11 Å². The molecule has 0 unspecified atom stereocenters. The highest BCUT2D eigenvalue weighted by Crippen LogP contribution is 2.41. The topological polar surface area (TPSA) is 49.4 Å². The Kier molecular flexibility index (Phi) is 3.23. The summed E-state index contributed by atoms with van der Waals surface area (Å²) in [6, 6.07) is 6.09. The highest BCUT2D eigenvalue weighted by Gasteiger charge is 2.58. The Morgan fingerprint density at radius 2 is 1.75 bits per heavy atom. The largest absolute Gasteiger partial charge is 0.546 e. The molecule has 1 aromatic carbocycles. The first-order valence-corrected chi connectivity index (χ1v) is 4.25. The Morgan fingerprint density at radius 3 is 2.06 bits per heavy atom. The van der Waals surface area contributed by atoms with E-state index in [1.807, 2.05) is 0 Å². The zero-order valence-corrected chi connectivity index (χ0v) is 8.25. The fourth-order valence-corrected chi connectivity index (χ4v) is 1.39. The lowest BCUT2D eigenvalue weighted by Gasteiger charge is -2.35. The maximum atomic E-state index is 12.8. The minimum absolute atomic E-state index is 0.523. The maximum Gasteiger partial charge on any atom is 0.427 e. The monoisotopic (exact) mass is 233 g/mol. The molecule has 6 heteroatoms. The normalized spacial score (nSPS) is 15.5. The van der Waals surface area contributed by atoms with Gasteiger partial charge in [-0.25, -0.2) is 0 Å². The maximum absolute atomic E-state index is 12.8. The van der Waals surface area contributed by atoms with Crippen LogP contribution in [0.5, 0.6) is 0 Å². The molecule has 3 nitrogen and oxygen atoms in total. The third-order valence-corrected chi connectivity index (χ3v) is 2.17. The molecule has 0 spiro atoms. The molecule has 1 aromatic rings. The molecule has 0 heterocycles. The van der Waals surface area contributed by atoms with Gasteiger partial charge in [0.2, 0.25) is 5.60 Å². The second kappa shape index (κ2) is 4.13. The summed E-state index contributed by atoms with van der Waals surface area (Å²) in [4.78, 5) is 10.7. The first-order valence-electron chi connectivity index (χ1n) is 4.25. The van der Waals surface area contributed by atoms with Crippen molar-refractivity contribution < 1.29 is 27.8 Å². The smallest absolute Gasteiger partial charge is 0.427 e.